The first-order chi connectivity index (χ1) is 11.2. The number of aromatic nitrogens is 2. The number of amides is 1. The first-order valence-electron chi connectivity index (χ1n) is 7.75. The van der Waals surface area contributed by atoms with Crippen molar-refractivity contribution in [2.75, 3.05) is 13.7 Å². The Hall–Kier alpha value is -2.56. The summed E-state index contributed by atoms with van der Waals surface area (Å²) >= 11 is 0. The van der Waals surface area contributed by atoms with Crippen molar-refractivity contribution >= 4 is 5.91 Å². The standard InChI is InChI=1S/C18H23N3O2/c1-4-6-15-12-17(20-19-15)18(22)21(11-5-2)13-14-7-9-16(23-3)10-8-14/h5,7-10,12H,2,4,6,11,13H2,1,3H3,(H,19,20). The predicted octanol–water partition coefficient (Wildman–Crippen LogP) is 3.20. The number of carbonyl (C=O) groups excluding carboxylic acids is 1. The van der Waals surface area contributed by atoms with E-state index in [2.05, 4.69) is 23.7 Å². The molecule has 5 heteroatoms. The maximum Gasteiger partial charge on any atom is 0.274 e. The number of benzene rings is 1. The van der Waals surface area contributed by atoms with E-state index in [1.54, 1.807) is 18.1 Å². The van der Waals surface area contributed by atoms with Crippen molar-refractivity contribution in [3.8, 4) is 5.75 Å². The third-order valence-electron chi connectivity index (χ3n) is 3.54. The van der Waals surface area contributed by atoms with Gasteiger partial charge in [-0.05, 0) is 30.2 Å². The molecule has 23 heavy (non-hydrogen) atoms. The van der Waals surface area contributed by atoms with E-state index in [9.17, 15) is 4.79 Å². The van der Waals surface area contributed by atoms with Gasteiger partial charge >= 0.3 is 0 Å². The van der Waals surface area contributed by atoms with Gasteiger partial charge in [0.25, 0.3) is 5.91 Å². The molecule has 122 valence electrons. The second-order valence-electron chi connectivity index (χ2n) is 5.35. The fraction of sp³-hybridized carbons (Fsp3) is 0.333. The van der Waals surface area contributed by atoms with E-state index >= 15 is 0 Å². The molecule has 0 saturated heterocycles. The van der Waals surface area contributed by atoms with E-state index < -0.39 is 0 Å². The number of hydrogen-bond donors (Lipinski definition) is 1. The number of ether oxygens (including phenoxy) is 1. The van der Waals surface area contributed by atoms with E-state index in [0.29, 0.717) is 18.8 Å². The molecular weight excluding hydrogens is 290 g/mol. The Morgan fingerprint density at radius 3 is 2.74 bits per heavy atom. The van der Waals surface area contributed by atoms with Crippen LogP contribution in [0.3, 0.4) is 0 Å². The smallest absolute Gasteiger partial charge is 0.274 e. The van der Waals surface area contributed by atoms with Gasteiger partial charge in [0.05, 0.1) is 7.11 Å². The minimum absolute atomic E-state index is 0.0979. The molecule has 2 aromatic rings. The Kier molecular flexibility index (Phi) is 5.97. The number of hydrogen-bond acceptors (Lipinski definition) is 3. The lowest BCUT2D eigenvalue weighted by molar-refractivity contribution is 0.0756. The number of H-pyrrole nitrogens is 1. The van der Waals surface area contributed by atoms with Gasteiger partial charge in [0, 0.05) is 18.8 Å². The molecule has 0 radical (unpaired) electrons. The lowest BCUT2D eigenvalue weighted by Crippen LogP contribution is -2.31. The van der Waals surface area contributed by atoms with Gasteiger partial charge in [0.1, 0.15) is 11.4 Å². The number of methoxy groups -OCH3 is 1. The summed E-state index contributed by atoms with van der Waals surface area (Å²) in [7, 11) is 1.63. The summed E-state index contributed by atoms with van der Waals surface area (Å²) in [6, 6.07) is 9.51. The molecule has 1 aromatic carbocycles. The van der Waals surface area contributed by atoms with Crippen molar-refractivity contribution in [3.05, 3.63) is 59.9 Å². The summed E-state index contributed by atoms with van der Waals surface area (Å²) in [5.41, 5.74) is 2.47. The van der Waals surface area contributed by atoms with Crippen molar-refractivity contribution in [2.45, 2.75) is 26.3 Å². The van der Waals surface area contributed by atoms with Crippen LogP contribution in [0.1, 0.15) is 35.1 Å². The molecule has 0 unspecified atom stereocenters. The van der Waals surface area contributed by atoms with Crippen LogP contribution in [-0.2, 0) is 13.0 Å². The van der Waals surface area contributed by atoms with E-state index in [0.717, 1.165) is 29.8 Å². The van der Waals surface area contributed by atoms with Gasteiger partial charge in [-0.1, -0.05) is 31.6 Å². The summed E-state index contributed by atoms with van der Waals surface area (Å²) < 4.78 is 5.15. The topological polar surface area (TPSA) is 58.2 Å². The molecule has 1 aromatic heterocycles. The second-order valence-corrected chi connectivity index (χ2v) is 5.35. The van der Waals surface area contributed by atoms with Gasteiger partial charge in [0.2, 0.25) is 0 Å². The van der Waals surface area contributed by atoms with Gasteiger partial charge in [-0.2, -0.15) is 5.10 Å². The lowest BCUT2D eigenvalue weighted by Gasteiger charge is -2.20. The van der Waals surface area contributed by atoms with Crippen LogP contribution in [0.15, 0.2) is 43.0 Å². The van der Waals surface area contributed by atoms with Gasteiger partial charge in [-0.3, -0.25) is 9.89 Å². The number of aromatic amines is 1. The Balaban J connectivity index is 2.11. The lowest BCUT2D eigenvalue weighted by atomic mass is 10.2. The Morgan fingerprint density at radius 1 is 1.39 bits per heavy atom. The molecule has 0 saturated carbocycles. The zero-order valence-corrected chi connectivity index (χ0v) is 13.7. The normalized spacial score (nSPS) is 10.3. The Labute approximate surface area is 137 Å². The van der Waals surface area contributed by atoms with Crippen LogP contribution in [0.5, 0.6) is 5.75 Å². The molecule has 1 amide bonds. The van der Waals surface area contributed by atoms with Crippen LogP contribution in [0.4, 0.5) is 0 Å². The van der Waals surface area contributed by atoms with Crippen molar-refractivity contribution in [1.82, 2.24) is 15.1 Å². The third-order valence-corrected chi connectivity index (χ3v) is 3.54. The van der Waals surface area contributed by atoms with Crippen LogP contribution in [0, 0.1) is 0 Å². The number of carbonyl (C=O) groups is 1. The summed E-state index contributed by atoms with van der Waals surface area (Å²) in [4.78, 5) is 14.4. The van der Waals surface area contributed by atoms with Gasteiger partial charge in [-0.25, -0.2) is 0 Å². The summed E-state index contributed by atoms with van der Waals surface area (Å²) in [5, 5.41) is 7.06. The first-order valence-corrected chi connectivity index (χ1v) is 7.75. The molecule has 0 aliphatic carbocycles. The monoisotopic (exact) mass is 313 g/mol. The molecule has 1 heterocycles. The Bertz CT molecular complexity index is 647. The van der Waals surface area contributed by atoms with E-state index in [1.165, 1.54) is 0 Å². The molecule has 5 nitrogen and oxygen atoms in total. The number of nitrogens with zero attached hydrogens (tertiary/aromatic N) is 2. The first kappa shape index (κ1) is 16.8. The van der Waals surface area contributed by atoms with Gasteiger partial charge in [-0.15, -0.1) is 6.58 Å². The number of nitrogens with one attached hydrogen (secondary N) is 1. The third kappa shape index (κ3) is 4.45. The summed E-state index contributed by atoms with van der Waals surface area (Å²) in [5.74, 6) is 0.700. The highest BCUT2D eigenvalue weighted by Gasteiger charge is 2.18. The second kappa shape index (κ2) is 8.17. The van der Waals surface area contributed by atoms with Crippen molar-refractivity contribution < 1.29 is 9.53 Å². The average Bonchev–Trinajstić information content (AvgIpc) is 3.03. The molecule has 1 N–H and O–H groups in total. The average molecular weight is 313 g/mol. The Morgan fingerprint density at radius 2 is 2.13 bits per heavy atom. The fourth-order valence-corrected chi connectivity index (χ4v) is 2.36. The number of aryl methyl sites for hydroxylation is 1. The fourth-order valence-electron chi connectivity index (χ4n) is 2.36. The van der Waals surface area contributed by atoms with Crippen molar-refractivity contribution in [2.24, 2.45) is 0 Å². The van der Waals surface area contributed by atoms with Crippen molar-refractivity contribution in [1.29, 1.82) is 0 Å². The maximum absolute atomic E-state index is 12.7. The van der Waals surface area contributed by atoms with Crippen LogP contribution < -0.4 is 4.74 Å². The van der Waals surface area contributed by atoms with Gasteiger partial charge < -0.3 is 9.64 Å². The highest BCUT2D eigenvalue weighted by molar-refractivity contribution is 5.92. The van der Waals surface area contributed by atoms with E-state index in [-0.39, 0.29) is 5.91 Å². The minimum Gasteiger partial charge on any atom is -0.497 e. The summed E-state index contributed by atoms with van der Waals surface area (Å²) in [6.45, 7) is 6.81. The molecule has 0 atom stereocenters. The maximum atomic E-state index is 12.7. The summed E-state index contributed by atoms with van der Waals surface area (Å²) in [6.07, 6.45) is 3.62. The predicted molar refractivity (Wildman–Crippen MR) is 90.5 cm³/mol. The zero-order chi connectivity index (χ0) is 16.7. The largest absolute Gasteiger partial charge is 0.497 e. The van der Waals surface area contributed by atoms with Crippen LogP contribution >= 0.6 is 0 Å². The number of rotatable bonds is 8. The molecule has 2 rings (SSSR count). The van der Waals surface area contributed by atoms with E-state index in [4.69, 9.17) is 4.74 Å². The highest BCUT2D eigenvalue weighted by atomic mass is 16.5. The highest BCUT2D eigenvalue weighted by Crippen LogP contribution is 2.15. The SMILES string of the molecule is C=CCN(Cc1ccc(OC)cc1)C(=O)c1cc(CCC)[nH]n1. The van der Waals surface area contributed by atoms with Crippen LogP contribution in [0.2, 0.25) is 0 Å². The van der Waals surface area contributed by atoms with Crippen LogP contribution in [-0.4, -0.2) is 34.7 Å². The quantitative estimate of drug-likeness (QED) is 0.761. The zero-order valence-electron chi connectivity index (χ0n) is 13.7. The van der Waals surface area contributed by atoms with E-state index in [1.807, 2.05) is 30.3 Å². The molecule has 0 aliphatic rings. The van der Waals surface area contributed by atoms with Crippen molar-refractivity contribution in [3.63, 3.8) is 0 Å². The minimum atomic E-state index is -0.0979. The van der Waals surface area contributed by atoms with Crippen LogP contribution in [0.25, 0.3) is 0 Å². The molecular formula is C18H23N3O2. The molecule has 0 aliphatic heterocycles. The molecule has 0 fully saturated rings. The van der Waals surface area contributed by atoms with Gasteiger partial charge in [0.15, 0.2) is 0 Å². The molecule has 0 bridgehead atoms. The molecule has 0 spiro atoms.